The molecule has 1 fully saturated rings. The van der Waals surface area contributed by atoms with E-state index in [2.05, 4.69) is 32.1 Å². The van der Waals surface area contributed by atoms with Gasteiger partial charge in [-0.3, -0.25) is 0 Å². The predicted molar refractivity (Wildman–Crippen MR) is 179 cm³/mol. The maximum absolute atomic E-state index is 13.3. The summed E-state index contributed by atoms with van der Waals surface area (Å²) in [5.74, 6) is 0.557. The van der Waals surface area contributed by atoms with Gasteiger partial charge in [0.05, 0.1) is 4.90 Å². The third kappa shape index (κ3) is 11.3. The van der Waals surface area contributed by atoms with E-state index in [-0.39, 0.29) is 42.0 Å². The molecule has 2 aromatic rings. The molecular formula is C35H51N3O7S. The van der Waals surface area contributed by atoms with E-state index in [0.29, 0.717) is 30.9 Å². The van der Waals surface area contributed by atoms with Gasteiger partial charge in [-0.25, -0.2) is 22.7 Å². The van der Waals surface area contributed by atoms with E-state index in [0.717, 1.165) is 11.1 Å². The number of ether oxygens (including phenoxy) is 3. The first-order valence-corrected chi connectivity index (χ1v) is 17.1. The van der Waals surface area contributed by atoms with E-state index in [4.69, 9.17) is 14.2 Å². The summed E-state index contributed by atoms with van der Waals surface area (Å²) in [6.45, 7) is 22.6. The third-order valence-corrected chi connectivity index (χ3v) is 8.42. The van der Waals surface area contributed by atoms with Gasteiger partial charge in [0, 0.05) is 38.6 Å². The number of likely N-dealkylation sites (tertiary alicyclic amines) is 1. The number of sulfonamides is 1. The molecule has 2 aromatic carbocycles. The van der Waals surface area contributed by atoms with Crippen molar-refractivity contribution in [2.45, 2.75) is 96.9 Å². The number of hydrogen-bond donors (Lipinski definition) is 1. The Hall–Kier alpha value is -3.57. The Bertz CT molecular complexity index is 1480. The SMILES string of the molecule is C=CCOc1cc(CNS(=O)(=O)c2ccc(C(C)(C)C)cc2)cc(CN(CC2CN(C(=O)OC(C)(C)C)C2)C(=O)OC(C)(C)C)c1. The lowest BCUT2D eigenvalue weighted by Crippen LogP contribution is -2.55. The minimum atomic E-state index is -3.79. The highest BCUT2D eigenvalue weighted by molar-refractivity contribution is 7.89. The molecule has 46 heavy (non-hydrogen) atoms. The van der Waals surface area contributed by atoms with Crippen molar-refractivity contribution < 1.29 is 32.2 Å². The number of carbonyl (C=O) groups excluding carboxylic acids is 2. The lowest BCUT2D eigenvalue weighted by Gasteiger charge is -2.42. The number of amides is 2. The van der Waals surface area contributed by atoms with Gasteiger partial charge in [-0.15, -0.1) is 0 Å². The molecule has 254 valence electrons. The molecule has 0 radical (unpaired) electrons. The minimum Gasteiger partial charge on any atom is -0.490 e. The summed E-state index contributed by atoms with van der Waals surface area (Å²) in [5, 5.41) is 0. The molecule has 1 aliphatic heterocycles. The third-order valence-electron chi connectivity index (χ3n) is 7.00. The van der Waals surface area contributed by atoms with Crippen molar-refractivity contribution in [1.82, 2.24) is 14.5 Å². The van der Waals surface area contributed by atoms with Crippen molar-refractivity contribution in [1.29, 1.82) is 0 Å². The molecule has 3 rings (SSSR count). The van der Waals surface area contributed by atoms with Crippen LogP contribution in [0.15, 0.2) is 60.0 Å². The van der Waals surface area contributed by atoms with Crippen molar-refractivity contribution >= 4 is 22.2 Å². The molecule has 1 N–H and O–H groups in total. The first kappa shape index (κ1) is 36.9. The Morgan fingerprint density at radius 3 is 2.07 bits per heavy atom. The lowest BCUT2D eigenvalue weighted by molar-refractivity contribution is -0.0123. The zero-order valence-electron chi connectivity index (χ0n) is 28.8. The van der Waals surface area contributed by atoms with Crippen molar-refractivity contribution in [2.75, 3.05) is 26.2 Å². The largest absolute Gasteiger partial charge is 0.490 e. The first-order chi connectivity index (χ1) is 21.1. The van der Waals surface area contributed by atoms with Crippen LogP contribution < -0.4 is 9.46 Å². The van der Waals surface area contributed by atoms with Gasteiger partial charge < -0.3 is 24.0 Å². The molecular weight excluding hydrogens is 606 g/mol. The summed E-state index contributed by atoms with van der Waals surface area (Å²) < 4.78 is 46.0. The van der Waals surface area contributed by atoms with Crippen LogP contribution in [0.1, 0.15) is 79.0 Å². The van der Waals surface area contributed by atoms with Crippen molar-refractivity contribution in [3.63, 3.8) is 0 Å². The molecule has 0 aliphatic carbocycles. The fourth-order valence-corrected chi connectivity index (χ4v) is 5.80. The molecule has 0 spiro atoms. The average Bonchev–Trinajstić information content (AvgIpc) is 2.89. The highest BCUT2D eigenvalue weighted by Gasteiger charge is 2.36. The zero-order valence-corrected chi connectivity index (χ0v) is 29.6. The van der Waals surface area contributed by atoms with Gasteiger partial charge in [0.25, 0.3) is 0 Å². The fraction of sp³-hybridized carbons (Fsp3) is 0.543. The van der Waals surface area contributed by atoms with Gasteiger partial charge in [0.15, 0.2) is 0 Å². The molecule has 10 nitrogen and oxygen atoms in total. The van der Waals surface area contributed by atoms with Crippen LogP contribution in [0.4, 0.5) is 9.59 Å². The van der Waals surface area contributed by atoms with Crippen molar-refractivity contribution in [3.8, 4) is 5.75 Å². The van der Waals surface area contributed by atoms with E-state index in [1.165, 1.54) is 0 Å². The molecule has 0 atom stereocenters. The number of hydrogen-bond acceptors (Lipinski definition) is 7. The molecule has 2 amide bonds. The number of nitrogens with one attached hydrogen (secondary N) is 1. The second kappa shape index (κ2) is 14.5. The average molecular weight is 658 g/mol. The number of carbonyl (C=O) groups is 2. The van der Waals surface area contributed by atoms with E-state index < -0.39 is 27.3 Å². The van der Waals surface area contributed by atoms with Gasteiger partial charge in [-0.2, -0.15) is 0 Å². The number of benzene rings is 2. The van der Waals surface area contributed by atoms with Crippen LogP contribution in [-0.4, -0.2) is 67.8 Å². The van der Waals surface area contributed by atoms with Crippen LogP contribution >= 0.6 is 0 Å². The summed E-state index contributed by atoms with van der Waals surface area (Å²) >= 11 is 0. The normalized spacial score (nSPS) is 14.3. The monoisotopic (exact) mass is 657 g/mol. The van der Waals surface area contributed by atoms with Gasteiger partial charge in [0.2, 0.25) is 10.0 Å². The molecule has 11 heteroatoms. The second-order valence-electron chi connectivity index (χ2n) is 14.8. The van der Waals surface area contributed by atoms with Crippen LogP contribution in [-0.2, 0) is 38.0 Å². The maximum atomic E-state index is 13.3. The quantitative estimate of drug-likeness (QED) is 0.270. The Kier molecular flexibility index (Phi) is 11.6. The number of rotatable bonds is 11. The van der Waals surface area contributed by atoms with Gasteiger partial charge in [-0.05, 0) is 87.9 Å². The van der Waals surface area contributed by atoms with Gasteiger partial charge >= 0.3 is 12.2 Å². The van der Waals surface area contributed by atoms with Crippen molar-refractivity contribution in [3.05, 3.63) is 71.8 Å². The fourth-order valence-electron chi connectivity index (χ4n) is 4.78. The highest BCUT2D eigenvalue weighted by Crippen LogP contribution is 2.26. The maximum Gasteiger partial charge on any atom is 0.410 e. The predicted octanol–water partition coefficient (Wildman–Crippen LogP) is 6.63. The van der Waals surface area contributed by atoms with Crippen LogP contribution in [0, 0.1) is 5.92 Å². The zero-order chi connectivity index (χ0) is 34.5. The molecule has 1 saturated heterocycles. The molecule has 1 heterocycles. The Balaban J connectivity index is 1.80. The van der Waals surface area contributed by atoms with Crippen LogP contribution in [0.25, 0.3) is 0 Å². The summed E-state index contributed by atoms with van der Waals surface area (Å²) in [6, 6.07) is 12.3. The van der Waals surface area contributed by atoms with E-state index >= 15 is 0 Å². The Morgan fingerprint density at radius 2 is 1.52 bits per heavy atom. The number of nitrogens with zero attached hydrogens (tertiary/aromatic N) is 2. The molecule has 0 bridgehead atoms. The van der Waals surface area contributed by atoms with E-state index in [1.807, 2.05) is 45.0 Å². The van der Waals surface area contributed by atoms with Crippen LogP contribution in [0.2, 0.25) is 0 Å². The molecule has 0 aromatic heterocycles. The van der Waals surface area contributed by atoms with Crippen LogP contribution in [0.5, 0.6) is 5.75 Å². The summed E-state index contributed by atoms with van der Waals surface area (Å²) in [7, 11) is -3.79. The molecule has 0 saturated carbocycles. The first-order valence-electron chi connectivity index (χ1n) is 15.6. The van der Waals surface area contributed by atoms with E-state index in [1.54, 1.807) is 54.8 Å². The summed E-state index contributed by atoms with van der Waals surface area (Å²) in [5.41, 5.74) is 1.04. The lowest BCUT2D eigenvalue weighted by atomic mass is 9.87. The minimum absolute atomic E-state index is 0.0154. The smallest absolute Gasteiger partial charge is 0.410 e. The molecule has 0 unspecified atom stereocenters. The van der Waals surface area contributed by atoms with Crippen LogP contribution in [0.3, 0.4) is 0 Å². The second-order valence-corrected chi connectivity index (χ2v) is 16.6. The van der Waals surface area contributed by atoms with Gasteiger partial charge in [0.1, 0.15) is 23.6 Å². The van der Waals surface area contributed by atoms with Gasteiger partial charge in [-0.1, -0.05) is 51.6 Å². The standard InChI is InChI=1S/C35H51N3O7S/c1-11-16-43-29-18-25(20-36-46(41,42)30-14-12-28(13-15-30)33(2,3)4)17-26(19-29)21-37(31(39)44-34(5,6)7)22-27-23-38(24-27)32(40)45-35(8,9)10/h11-15,17-19,27,36H,1,16,20-24H2,2-10H3. The van der Waals surface area contributed by atoms with Crippen molar-refractivity contribution in [2.24, 2.45) is 5.92 Å². The Labute approximate surface area is 275 Å². The van der Waals surface area contributed by atoms with E-state index in [9.17, 15) is 18.0 Å². The molecule has 1 aliphatic rings. The summed E-state index contributed by atoms with van der Waals surface area (Å²) in [6.07, 6.45) is 0.759. The Morgan fingerprint density at radius 1 is 0.935 bits per heavy atom. The summed E-state index contributed by atoms with van der Waals surface area (Å²) in [4.78, 5) is 29.2. The highest BCUT2D eigenvalue weighted by atomic mass is 32.2. The topological polar surface area (TPSA) is 114 Å².